The van der Waals surface area contributed by atoms with Crippen LogP contribution in [0, 0.1) is 6.92 Å². The van der Waals surface area contributed by atoms with Gasteiger partial charge in [0.05, 0.1) is 13.2 Å². The minimum atomic E-state index is 0.305. The van der Waals surface area contributed by atoms with Gasteiger partial charge in [0.15, 0.2) is 5.82 Å². The van der Waals surface area contributed by atoms with Crippen LogP contribution in [-0.2, 0) is 13.0 Å². The molecule has 0 amide bonds. The fraction of sp³-hybridized carbons (Fsp3) is 0.348. The number of pyridine rings is 1. The number of aromatic nitrogens is 3. The molecule has 7 heteroatoms. The van der Waals surface area contributed by atoms with Gasteiger partial charge in [-0.2, -0.15) is 15.1 Å². The third-order valence-electron chi connectivity index (χ3n) is 4.59. The number of nitrogens with zero attached hydrogens (tertiary/aromatic N) is 6. The first-order valence-corrected chi connectivity index (χ1v) is 10.3. The molecule has 0 atom stereocenters. The molecule has 0 aliphatic carbocycles. The molecule has 0 spiro atoms. The lowest BCUT2D eigenvalue weighted by Crippen LogP contribution is -2.23. The number of hydrogen-bond acceptors (Lipinski definition) is 7. The van der Waals surface area contributed by atoms with Gasteiger partial charge in [0.25, 0.3) is 0 Å². The maximum atomic E-state index is 5.82. The van der Waals surface area contributed by atoms with Gasteiger partial charge in [0.2, 0.25) is 0 Å². The topological polar surface area (TPSA) is 75.9 Å². The first-order valence-electron chi connectivity index (χ1n) is 10.3. The molecule has 7 nitrogen and oxygen atoms in total. The van der Waals surface area contributed by atoms with Crippen molar-refractivity contribution in [1.29, 1.82) is 0 Å². The number of ether oxygens (including phenoxy) is 1. The van der Waals surface area contributed by atoms with Gasteiger partial charge < -0.3 is 9.64 Å². The van der Waals surface area contributed by atoms with E-state index in [0.717, 1.165) is 30.2 Å². The molecule has 0 aliphatic heterocycles. The molecule has 0 fully saturated rings. The molecule has 0 saturated heterocycles. The van der Waals surface area contributed by atoms with Crippen LogP contribution in [0.2, 0.25) is 0 Å². The third-order valence-corrected chi connectivity index (χ3v) is 4.59. The molecule has 0 unspecified atom stereocenters. The van der Waals surface area contributed by atoms with E-state index in [0.29, 0.717) is 31.4 Å². The zero-order valence-electron chi connectivity index (χ0n) is 17.8. The van der Waals surface area contributed by atoms with Gasteiger partial charge in [0, 0.05) is 37.5 Å². The summed E-state index contributed by atoms with van der Waals surface area (Å²) >= 11 is 0. The van der Waals surface area contributed by atoms with Crippen molar-refractivity contribution in [3.8, 4) is 6.01 Å². The van der Waals surface area contributed by atoms with Crippen molar-refractivity contribution in [2.75, 3.05) is 24.6 Å². The molecular weight excluding hydrogens is 376 g/mol. The number of anilines is 1. The minimum absolute atomic E-state index is 0.305. The van der Waals surface area contributed by atoms with E-state index in [9.17, 15) is 0 Å². The Morgan fingerprint density at radius 3 is 2.60 bits per heavy atom. The fourth-order valence-electron chi connectivity index (χ4n) is 3.02. The van der Waals surface area contributed by atoms with Crippen molar-refractivity contribution < 1.29 is 4.74 Å². The number of rotatable bonds is 10. The zero-order valence-corrected chi connectivity index (χ0v) is 17.8. The quantitative estimate of drug-likeness (QED) is 0.448. The molecule has 3 aromatic rings. The first-order chi connectivity index (χ1) is 14.7. The monoisotopic (exact) mass is 404 g/mol. The predicted octanol–water partition coefficient (Wildman–Crippen LogP) is 4.93. The summed E-state index contributed by atoms with van der Waals surface area (Å²) in [6, 6.07) is 16.2. The molecule has 0 saturated carbocycles. The van der Waals surface area contributed by atoms with Gasteiger partial charge in [-0.1, -0.05) is 35.9 Å². The lowest BCUT2D eigenvalue weighted by Gasteiger charge is -2.20. The van der Waals surface area contributed by atoms with E-state index >= 15 is 0 Å². The lowest BCUT2D eigenvalue weighted by atomic mass is 10.1. The molecule has 1 aromatic carbocycles. The van der Waals surface area contributed by atoms with Gasteiger partial charge >= 0.3 is 6.01 Å². The van der Waals surface area contributed by atoms with Crippen LogP contribution in [0.5, 0.6) is 6.01 Å². The SMILES string of the molecule is CCN(CC)c1cc(N=NCc2cccc(C)c2)nc(OCCc2ccccn2)n1. The van der Waals surface area contributed by atoms with Crippen molar-refractivity contribution in [3.63, 3.8) is 0 Å². The molecule has 0 N–H and O–H groups in total. The van der Waals surface area contributed by atoms with Gasteiger partial charge in [-0.15, -0.1) is 5.11 Å². The van der Waals surface area contributed by atoms with Crippen LogP contribution in [0.1, 0.15) is 30.7 Å². The maximum Gasteiger partial charge on any atom is 0.320 e. The summed E-state index contributed by atoms with van der Waals surface area (Å²) in [4.78, 5) is 15.4. The van der Waals surface area contributed by atoms with E-state index in [4.69, 9.17) is 4.74 Å². The minimum Gasteiger partial charge on any atom is -0.463 e. The van der Waals surface area contributed by atoms with Crippen LogP contribution >= 0.6 is 0 Å². The van der Waals surface area contributed by atoms with Gasteiger partial charge in [-0.3, -0.25) is 4.98 Å². The molecule has 2 aromatic heterocycles. The Labute approximate surface area is 177 Å². The Morgan fingerprint density at radius 2 is 1.87 bits per heavy atom. The molecule has 30 heavy (non-hydrogen) atoms. The second-order valence-electron chi connectivity index (χ2n) is 6.85. The molecule has 0 aliphatic rings. The summed E-state index contributed by atoms with van der Waals surface area (Å²) in [7, 11) is 0. The van der Waals surface area contributed by atoms with E-state index in [1.54, 1.807) is 6.20 Å². The molecule has 0 bridgehead atoms. The summed E-state index contributed by atoms with van der Waals surface area (Å²) in [5.41, 5.74) is 3.29. The summed E-state index contributed by atoms with van der Waals surface area (Å²) < 4.78 is 5.82. The van der Waals surface area contributed by atoms with Crippen molar-refractivity contribution in [2.24, 2.45) is 10.2 Å². The molecular formula is C23H28N6O. The maximum absolute atomic E-state index is 5.82. The smallest absolute Gasteiger partial charge is 0.320 e. The van der Waals surface area contributed by atoms with E-state index in [2.05, 4.69) is 63.0 Å². The van der Waals surface area contributed by atoms with Crippen LogP contribution in [0.4, 0.5) is 11.6 Å². The largest absolute Gasteiger partial charge is 0.463 e. The van der Waals surface area contributed by atoms with Gasteiger partial charge in [-0.25, -0.2) is 0 Å². The normalized spacial score (nSPS) is 11.0. The predicted molar refractivity (Wildman–Crippen MR) is 118 cm³/mol. The van der Waals surface area contributed by atoms with Crippen molar-refractivity contribution in [2.45, 2.75) is 33.7 Å². The third kappa shape index (κ3) is 6.34. The Bertz CT molecular complexity index is 957. The molecule has 3 rings (SSSR count). The first kappa shape index (κ1) is 21.4. The number of azo groups is 1. The average molecular weight is 405 g/mol. The second kappa shape index (κ2) is 11.0. The lowest BCUT2D eigenvalue weighted by molar-refractivity contribution is 0.295. The summed E-state index contributed by atoms with van der Waals surface area (Å²) in [6.07, 6.45) is 2.46. The van der Waals surface area contributed by atoms with Crippen LogP contribution in [0.15, 0.2) is 65.0 Å². The Hall–Kier alpha value is -3.35. The highest BCUT2D eigenvalue weighted by atomic mass is 16.5. The van der Waals surface area contributed by atoms with Gasteiger partial charge in [0.1, 0.15) is 5.82 Å². The van der Waals surface area contributed by atoms with E-state index in [1.807, 2.05) is 36.4 Å². The van der Waals surface area contributed by atoms with Crippen LogP contribution in [-0.4, -0.2) is 34.6 Å². The van der Waals surface area contributed by atoms with Crippen LogP contribution < -0.4 is 9.64 Å². The highest BCUT2D eigenvalue weighted by Gasteiger charge is 2.10. The summed E-state index contributed by atoms with van der Waals surface area (Å²) in [5.74, 6) is 1.28. The number of hydrogen-bond donors (Lipinski definition) is 0. The summed E-state index contributed by atoms with van der Waals surface area (Å²) in [6.45, 7) is 8.86. The average Bonchev–Trinajstić information content (AvgIpc) is 2.75. The van der Waals surface area contributed by atoms with Crippen LogP contribution in [0.3, 0.4) is 0 Å². The summed E-state index contributed by atoms with van der Waals surface area (Å²) in [5, 5.41) is 8.65. The zero-order chi connectivity index (χ0) is 21.2. The second-order valence-corrected chi connectivity index (χ2v) is 6.85. The van der Waals surface area contributed by atoms with Crippen molar-refractivity contribution >= 4 is 11.6 Å². The van der Waals surface area contributed by atoms with E-state index in [1.165, 1.54) is 5.56 Å². The number of aryl methyl sites for hydroxylation is 1. The Kier molecular flexibility index (Phi) is 7.83. The highest BCUT2D eigenvalue weighted by Crippen LogP contribution is 2.22. The Balaban J connectivity index is 1.72. The van der Waals surface area contributed by atoms with E-state index < -0.39 is 0 Å². The van der Waals surface area contributed by atoms with Crippen LogP contribution in [0.25, 0.3) is 0 Å². The van der Waals surface area contributed by atoms with Gasteiger partial charge in [-0.05, 0) is 38.5 Å². The molecule has 0 radical (unpaired) electrons. The molecule has 2 heterocycles. The number of benzene rings is 1. The van der Waals surface area contributed by atoms with Crippen molar-refractivity contribution in [1.82, 2.24) is 15.0 Å². The van der Waals surface area contributed by atoms with E-state index in [-0.39, 0.29) is 0 Å². The standard InChI is InChI=1S/C23H28N6O/c1-4-29(5-2)22-16-21(28-25-17-19-10-8-9-18(3)15-19)26-23(27-22)30-14-12-20-11-6-7-13-24-20/h6-11,13,15-16H,4-5,12,14,17H2,1-3H3. The Morgan fingerprint density at radius 1 is 1.00 bits per heavy atom. The highest BCUT2D eigenvalue weighted by molar-refractivity contribution is 5.47. The van der Waals surface area contributed by atoms with Crippen molar-refractivity contribution in [3.05, 3.63) is 71.5 Å². The fourth-order valence-corrected chi connectivity index (χ4v) is 3.02. The molecule has 156 valence electrons.